The lowest BCUT2D eigenvalue weighted by Crippen LogP contribution is -1.96. The molecule has 1 saturated carbocycles. The SMILES string of the molecule is c1ccc(Oc2cccc(CCC3CCCC3)c2)cc1. The zero-order chi connectivity index (χ0) is 13.6. The largest absolute Gasteiger partial charge is 0.457 e. The summed E-state index contributed by atoms with van der Waals surface area (Å²) < 4.78 is 5.89. The fourth-order valence-corrected chi connectivity index (χ4v) is 3.06. The van der Waals surface area contributed by atoms with Crippen molar-refractivity contribution in [2.45, 2.75) is 38.5 Å². The van der Waals surface area contributed by atoms with Crippen LogP contribution in [0.3, 0.4) is 0 Å². The van der Waals surface area contributed by atoms with Gasteiger partial charge >= 0.3 is 0 Å². The summed E-state index contributed by atoms with van der Waals surface area (Å²) in [6, 6.07) is 18.5. The van der Waals surface area contributed by atoms with Crippen LogP contribution in [-0.2, 0) is 6.42 Å². The van der Waals surface area contributed by atoms with E-state index in [0.29, 0.717) is 0 Å². The van der Waals surface area contributed by atoms with E-state index in [-0.39, 0.29) is 0 Å². The number of hydrogen-bond donors (Lipinski definition) is 0. The first-order chi connectivity index (χ1) is 9.90. The minimum Gasteiger partial charge on any atom is -0.457 e. The molecule has 0 bridgehead atoms. The first-order valence-electron chi connectivity index (χ1n) is 7.72. The summed E-state index contributed by atoms with van der Waals surface area (Å²) >= 11 is 0. The molecule has 0 saturated heterocycles. The summed E-state index contributed by atoms with van der Waals surface area (Å²) in [5.74, 6) is 2.80. The first-order valence-corrected chi connectivity index (χ1v) is 7.72. The van der Waals surface area contributed by atoms with Crippen molar-refractivity contribution in [3.05, 3.63) is 60.2 Å². The van der Waals surface area contributed by atoms with Crippen LogP contribution in [0, 0.1) is 5.92 Å². The van der Waals surface area contributed by atoms with E-state index in [0.717, 1.165) is 17.4 Å². The Bertz CT molecular complexity index is 526. The first kappa shape index (κ1) is 13.2. The molecule has 0 spiro atoms. The van der Waals surface area contributed by atoms with Crippen molar-refractivity contribution >= 4 is 0 Å². The molecule has 0 radical (unpaired) electrons. The highest BCUT2D eigenvalue weighted by Gasteiger charge is 2.14. The quantitative estimate of drug-likeness (QED) is 0.684. The molecular formula is C19H22O. The molecule has 0 unspecified atom stereocenters. The number of hydrogen-bond acceptors (Lipinski definition) is 1. The zero-order valence-electron chi connectivity index (χ0n) is 11.9. The zero-order valence-corrected chi connectivity index (χ0v) is 11.9. The van der Waals surface area contributed by atoms with Gasteiger partial charge in [0.2, 0.25) is 0 Å². The van der Waals surface area contributed by atoms with Crippen LogP contribution in [0.2, 0.25) is 0 Å². The Balaban J connectivity index is 1.60. The Labute approximate surface area is 121 Å². The van der Waals surface area contributed by atoms with Gasteiger partial charge in [0.15, 0.2) is 0 Å². The lowest BCUT2D eigenvalue weighted by atomic mass is 9.98. The molecule has 2 aromatic carbocycles. The van der Waals surface area contributed by atoms with Crippen LogP contribution in [0.1, 0.15) is 37.7 Å². The molecule has 3 rings (SSSR count). The third-order valence-corrected chi connectivity index (χ3v) is 4.19. The average molecular weight is 266 g/mol. The third-order valence-electron chi connectivity index (χ3n) is 4.19. The smallest absolute Gasteiger partial charge is 0.127 e. The van der Waals surface area contributed by atoms with Crippen molar-refractivity contribution in [1.82, 2.24) is 0 Å². The molecule has 104 valence electrons. The lowest BCUT2D eigenvalue weighted by molar-refractivity contribution is 0.479. The Kier molecular flexibility index (Phi) is 4.37. The average Bonchev–Trinajstić information content (AvgIpc) is 3.00. The second kappa shape index (κ2) is 6.60. The molecule has 0 aliphatic heterocycles. The molecule has 0 aromatic heterocycles. The fourth-order valence-electron chi connectivity index (χ4n) is 3.06. The highest BCUT2D eigenvalue weighted by molar-refractivity contribution is 5.33. The molecule has 1 aliphatic carbocycles. The van der Waals surface area contributed by atoms with Crippen LogP contribution >= 0.6 is 0 Å². The molecule has 1 aliphatic rings. The maximum Gasteiger partial charge on any atom is 0.127 e. The normalized spacial score (nSPS) is 15.4. The van der Waals surface area contributed by atoms with Gasteiger partial charge in [0.1, 0.15) is 11.5 Å². The molecule has 1 fully saturated rings. The van der Waals surface area contributed by atoms with Crippen molar-refractivity contribution in [2.75, 3.05) is 0 Å². The van der Waals surface area contributed by atoms with E-state index in [1.165, 1.54) is 44.1 Å². The number of ether oxygens (including phenoxy) is 1. The number of rotatable bonds is 5. The molecule has 0 heterocycles. The van der Waals surface area contributed by atoms with E-state index < -0.39 is 0 Å². The predicted molar refractivity (Wildman–Crippen MR) is 83.2 cm³/mol. The molecule has 0 amide bonds. The van der Waals surface area contributed by atoms with Crippen molar-refractivity contribution < 1.29 is 4.74 Å². The summed E-state index contributed by atoms with van der Waals surface area (Å²) in [5, 5.41) is 0. The summed E-state index contributed by atoms with van der Waals surface area (Å²) in [6.07, 6.45) is 8.23. The van der Waals surface area contributed by atoms with E-state index in [9.17, 15) is 0 Å². The van der Waals surface area contributed by atoms with E-state index in [4.69, 9.17) is 4.74 Å². The molecule has 1 nitrogen and oxygen atoms in total. The third kappa shape index (κ3) is 3.63. The van der Waals surface area contributed by atoms with E-state index in [1.54, 1.807) is 0 Å². The van der Waals surface area contributed by atoms with Crippen molar-refractivity contribution in [3.63, 3.8) is 0 Å². The van der Waals surface area contributed by atoms with Gasteiger partial charge in [0.05, 0.1) is 0 Å². The molecule has 1 heteroatoms. The van der Waals surface area contributed by atoms with Crippen molar-refractivity contribution in [2.24, 2.45) is 5.92 Å². The van der Waals surface area contributed by atoms with Crippen LogP contribution in [0.15, 0.2) is 54.6 Å². The monoisotopic (exact) mass is 266 g/mol. The molecule has 0 N–H and O–H groups in total. The molecule has 2 aromatic rings. The maximum absolute atomic E-state index is 5.89. The summed E-state index contributed by atoms with van der Waals surface area (Å²) in [5.41, 5.74) is 1.39. The number of benzene rings is 2. The summed E-state index contributed by atoms with van der Waals surface area (Å²) in [6.45, 7) is 0. The second-order valence-electron chi connectivity index (χ2n) is 5.75. The summed E-state index contributed by atoms with van der Waals surface area (Å²) in [7, 11) is 0. The van der Waals surface area contributed by atoms with Crippen LogP contribution in [0.4, 0.5) is 0 Å². The van der Waals surface area contributed by atoms with Gasteiger partial charge in [-0.25, -0.2) is 0 Å². The van der Waals surface area contributed by atoms with Crippen molar-refractivity contribution in [1.29, 1.82) is 0 Å². The van der Waals surface area contributed by atoms with Gasteiger partial charge in [0, 0.05) is 0 Å². The van der Waals surface area contributed by atoms with Crippen LogP contribution in [-0.4, -0.2) is 0 Å². The number of para-hydroxylation sites is 1. The second-order valence-corrected chi connectivity index (χ2v) is 5.75. The van der Waals surface area contributed by atoms with Gasteiger partial charge in [0.25, 0.3) is 0 Å². The number of aryl methyl sites for hydroxylation is 1. The van der Waals surface area contributed by atoms with Crippen molar-refractivity contribution in [3.8, 4) is 11.5 Å². The minimum atomic E-state index is 0.903. The highest BCUT2D eigenvalue weighted by atomic mass is 16.5. The highest BCUT2D eigenvalue weighted by Crippen LogP contribution is 2.29. The molecule has 20 heavy (non-hydrogen) atoms. The van der Waals surface area contributed by atoms with Crippen LogP contribution in [0.25, 0.3) is 0 Å². The van der Waals surface area contributed by atoms with Gasteiger partial charge < -0.3 is 4.74 Å². The molecular weight excluding hydrogens is 244 g/mol. The Hall–Kier alpha value is -1.76. The molecule has 0 atom stereocenters. The fraction of sp³-hybridized carbons (Fsp3) is 0.368. The van der Waals surface area contributed by atoms with Gasteiger partial charge in [-0.3, -0.25) is 0 Å². The Morgan fingerprint density at radius 2 is 1.60 bits per heavy atom. The van der Waals surface area contributed by atoms with Gasteiger partial charge in [-0.05, 0) is 48.6 Å². The van der Waals surface area contributed by atoms with Gasteiger partial charge in [-0.2, -0.15) is 0 Å². The van der Waals surface area contributed by atoms with Crippen LogP contribution < -0.4 is 4.74 Å². The maximum atomic E-state index is 5.89. The minimum absolute atomic E-state index is 0.903. The summed E-state index contributed by atoms with van der Waals surface area (Å²) in [4.78, 5) is 0. The van der Waals surface area contributed by atoms with Gasteiger partial charge in [-0.15, -0.1) is 0 Å². The van der Waals surface area contributed by atoms with Crippen LogP contribution in [0.5, 0.6) is 11.5 Å². The van der Waals surface area contributed by atoms with E-state index >= 15 is 0 Å². The van der Waals surface area contributed by atoms with E-state index in [1.807, 2.05) is 36.4 Å². The lowest BCUT2D eigenvalue weighted by Gasteiger charge is -2.10. The topological polar surface area (TPSA) is 9.23 Å². The standard InChI is InChI=1S/C19H22O/c1-2-10-18(11-3-1)20-19-12-6-9-17(15-19)14-13-16-7-4-5-8-16/h1-3,6,9-12,15-16H,4-5,7-8,13-14H2. The van der Waals surface area contributed by atoms with E-state index in [2.05, 4.69) is 18.2 Å². The predicted octanol–water partition coefficient (Wildman–Crippen LogP) is 5.60. The Morgan fingerprint density at radius 3 is 2.40 bits per heavy atom. The van der Waals surface area contributed by atoms with Gasteiger partial charge in [-0.1, -0.05) is 56.0 Å². The Morgan fingerprint density at radius 1 is 0.850 bits per heavy atom.